The smallest absolute Gasteiger partial charge is 0.295 e. The van der Waals surface area contributed by atoms with Crippen molar-refractivity contribution in [3.05, 3.63) is 58.1 Å². The largest absolute Gasteiger partial charge is 0.497 e. The lowest BCUT2D eigenvalue weighted by atomic mass is 10.2. The Balaban J connectivity index is 2.27. The lowest BCUT2D eigenvalue weighted by molar-refractivity contribution is -0.384. The van der Waals surface area contributed by atoms with Crippen LogP contribution in [0.25, 0.3) is 0 Å². The molecule has 0 fully saturated rings. The van der Waals surface area contributed by atoms with E-state index in [9.17, 15) is 18.5 Å². The molecule has 0 heterocycles. The molecule has 28 heavy (non-hydrogen) atoms. The van der Waals surface area contributed by atoms with Gasteiger partial charge in [0, 0.05) is 19.2 Å². The Labute approximate surface area is 163 Å². The second-order valence-corrected chi connectivity index (χ2v) is 7.61. The molecule has 0 aliphatic carbocycles. The predicted octanol–water partition coefficient (Wildman–Crippen LogP) is 3.08. The van der Waals surface area contributed by atoms with Crippen molar-refractivity contribution in [2.45, 2.75) is 18.7 Å². The summed E-state index contributed by atoms with van der Waals surface area (Å²) >= 11 is 0. The molecule has 2 aromatic rings. The Morgan fingerprint density at radius 1 is 1.18 bits per heavy atom. The quantitative estimate of drug-likeness (QED) is 0.389. The van der Waals surface area contributed by atoms with Crippen LogP contribution in [0.5, 0.6) is 5.75 Å². The van der Waals surface area contributed by atoms with Crippen molar-refractivity contribution in [1.29, 1.82) is 0 Å². The van der Waals surface area contributed by atoms with E-state index in [1.54, 1.807) is 45.2 Å². The Bertz CT molecular complexity index is 954. The van der Waals surface area contributed by atoms with Gasteiger partial charge in [0.05, 0.1) is 23.1 Å². The first-order valence-electron chi connectivity index (χ1n) is 8.55. The van der Waals surface area contributed by atoms with E-state index in [-0.39, 0.29) is 29.4 Å². The van der Waals surface area contributed by atoms with Crippen molar-refractivity contribution in [2.24, 2.45) is 5.10 Å². The van der Waals surface area contributed by atoms with Crippen LogP contribution in [0.15, 0.2) is 52.5 Å². The van der Waals surface area contributed by atoms with Crippen molar-refractivity contribution < 1.29 is 18.1 Å². The molecule has 0 amide bonds. The Morgan fingerprint density at radius 2 is 1.82 bits per heavy atom. The van der Waals surface area contributed by atoms with Crippen LogP contribution in [-0.2, 0) is 10.0 Å². The van der Waals surface area contributed by atoms with Gasteiger partial charge in [0.25, 0.3) is 5.69 Å². The van der Waals surface area contributed by atoms with E-state index in [1.807, 2.05) is 0 Å². The predicted molar refractivity (Wildman–Crippen MR) is 107 cm³/mol. The van der Waals surface area contributed by atoms with Gasteiger partial charge >= 0.3 is 0 Å². The zero-order valence-electron chi connectivity index (χ0n) is 15.8. The van der Waals surface area contributed by atoms with Gasteiger partial charge in [0.1, 0.15) is 11.4 Å². The maximum absolute atomic E-state index is 12.6. The van der Waals surface area contributed by atoms with Crippen LogP contribution in [0.2, 0.25) is 0 Å². The topological polar surface area (TPSA) is 114 Å². The van der Waals surface area contributed by atoms with Crippen LogP contribution in [0.1, 0.15) is 19.4 Å². The molecule has 150 valence electrons. The highest BCUT2D eigenvalue weighted by Gasteiger charge is 2.25. The molecule has 9 nitrogen and oxygen atoms in total. The lowest BCUT2D eigenvalue weighted by Gasteiger charge is -2.18. The number of sulfonamides is 1. The molecule has 0 radical (unpaired) electrons. The van der Waals surface area contributed by atoms with Crippen LogP contribution in [-0.4, -0.2) is 44.1 Å². The van der Waals surface area contributed by atoms with Crippen molar-refractivity contribution in [1.82, 2.24) is 4.31 Å². The number of rotatable bonds is 9. The Morgan fingerprint density at radius 3 is 2.36 bits per heavy atom. The Hall–Kier alpha value is -2.98. The summed E-state index contributed by atoms with van der Waals surface area (Å²) in [6, 6.07) is 10.8. The van der Waals surface area contributed by atoms with Crippen LogP contribution in [0.3, 0.4) is 0 Å². The van der Waals surface area contributed by atoms with E-state index < -0.39 is 14.9 Å². The zero-order valence-corrected chi connectivity index (χ0v) is 16.6. The van der Waals surface area contributed by atoms with Crippen molar-refractivity contribution in [3.63, 3.8) is 0 Å². The molecule has 10 heteroatoms. The van der Waals surface area contributed by atoms with Gasteiger partial charge in [0.15, 0.2) is 0 Å². The van der Waals surface area contributed by atoms with E-state index >= 15 is 0 Å². The third-order valence-corrected chi connectivity index (χ3v) is 6.07. The van der Waals surface area contributed by atoms with Crippen LogP contribution < -0.4 is 10.2 Å². The van der Waals surface area contributed by atoms with Crippen LogP contribution in [0, 0.1) is 10.1 Å². The van der Waals surface area contributed by atoms with Gasteiger partial charge in [-0.05, 0) is 42.0 Å². The van der Waals surface area contributed by atoms with E-state index in [1.165, 1.54) is 22.7 Å². The second-order valence-electron chi connectivity index (χ2n) is 5.67. The summed E-state index contributed by atoms with van der Waals surface area (Å²) in [6.07, 6.45) is 1.49. The number of methoxy groups -OCH3 is 1. The zero-order chi connectivity index (χ0) is 20.7. The first kappa shape index (κ1) is 21.3. The van der Waals surface area contributed by atoms with E-state index in [2.05, 4.69) is 10.5 Å². The maximum Gasteiger partial charge on any atom is 0.295 e. The third kappa shape index (κ3) is 4.84. The third-order valence-electron chi connectivity index (χ3n) is 4.02. The van der Waals surface area contributed by atoms with E-state index in [0.29, 0.717) is 5.75 Å². The minimum absolute atomic E-state index is 0.0910. The number of hydrogen-bond acceptors (Lipinski definition) is 7. The number of hydrogen-bond donors (Lipinski definition) is 1. The fraction of sp³-hybridized carbons (Fsp3) is 0.278. The van der Waals surface area contributed by atoms with Crippen LogP contribution >= 0.6 is 0 Å². The molecule has 0 spiro atoms. The summed E-state index contributed by atoms with van der Waals surface area (Å²) in [5.74, 6) is 0.700. The number of nitrogens with zero attached hydrogens (tertiary/aromatic N) is 3. The minimum atomic E-state index is -3.79. The highest BCUT2D eigenvalue weighted by atomic mass is 32.2. The molecule has 0 atom stereocenters. The van der Waals surface area contributed by atoms with Gasteiger partial charge in [-0.15, -0.1) is 0 Å². The van der Waals surface area contributed by atoms with Gasteiger partial charge < -0.3 is 4.74 Å². The highest BCUT2D eigenvalue weighted by molar-refractivity contribution is 7.89. The molecule has 0 bridgehead atoms. The molecule has 0 aromatic heterocycles. The Kier molecular flexibility index (Phi) is 7.07. The average Bonchev–Trinajstić information content (AvgIpc) is 2.69. The minimum Gasteiger partial charge on any atom is -0.497 e. The van der Waals surface area contributed by atoms with Crippen LogP contribution in [0.4, 0.5) is 11.4 Å². The molecular weight excluding hydrogens is 384 g/mol. The molecule has 1 N–H and O–H groups in total. The van der Waals surface area contributed by atoms with Gasteiger partial charge in [-0.25, -0.2) is 8.42 Å². The standard InChI is InChI=1S/C18H22N4O5S/c1-4-21(5-2)28(25,26)16-10-11-17(18(12-16)22(23)24)20-19-13-14-6-8-15(27-3)9-7-14/h6-13,20H,4-5H2,1-3H3/b19-13-. The number of nitrogens with one attached hydrogen (secondary N) is 1. The van der Waals surface area contributed by atoms with Crippen molar-refractivity contribution in [2.75, 3.05) is 25.6 Å². The molecule has 0 saturated heterocycles. The first-order valence-corrected chi connectivity index (χ1v) is 9.99. The van der Waals surface area contributed by atoms with Gasteiger partial charge in [0.2, 0.25) is 10.0 Å². The molecule has 0 aliphatic heterocycles. The lowest BCUT2D eigenvalue weighted by Crippen LogP contribution is -2.30. The fourth-order valence-corrected chi connectivity index (χ4v) is 3.97. The van der Waals surface area contributed by atoms with E-state index in [0.717, 1.165) is 11.6 Å². The normalized spacial score (nSPS) is 11.7. The maximum atomic E-state index is 12.6. The molecule has 0 saturated carbocycles. The van der Waals surface area contributed by atoms with Gasteiger partial charge in [-0.3, -0.25) is 15.5 Å². The van der Waals surface area contributed by atoms with E-state index in [4.69, 9.17) is 4.74 Å². The summed E-state index contributed by atoms with van der Waals surface area (Å²) in [5, 5.41) is 15.4. The SMILES string of the molecule is CCN(CC)S(=O)(=O)c1ccc(N/N=C\c2ccc(OC)cc2)c([N+](=O)[O-])c1. The summed E-state index contributed by atoms with van der Waals surface area (Å²) in [4.78, 5) is 10.6. The first-order chi connectivity index (χ1) is 13.3. The number of ether oxygens (including phenoxy) is 1. The monoisotopic (exact) mass is 406 g/mol. The fourth-order valence-electron chi connectivity index (χ4n) is 2.50. The highest BCUT2D eigenvalue weighted by Crippen LogP contribution is 2.29. The number of nitro benzene ring substituents is 1. The molecule has 2 rings (SSSR count). The van der Waals surface area contributed by atoms with Crippen molar-refractivity contribution in [3.8, 4) is 5.75 Å². The number of anilines is 1. The van der Waals surface area contributed by atoms with Crippen molar-refractivity contribution >= 4 is 27.6 Å². The molecular formula is C18H22N4O5S. The second kappa shape index (κ2) is 9.29. The summed E-state index contributed by atoms with van der Waals surface area (Å²) in [6.45, 7) is 3.97. The van der Waals surface area contributed by atoms with Gasteiger partial charge in [-0.1, -0.05) is 13.8 Å². The number of benzene rings is 2. The molecule has 0 unspecified atom stereocenters. The number of hydrazone groups is 1. The summed E-state index contributed by atoms with van der Waals surface area (Å²) in [5.41, 5.74) is 3.07. The molecule has 0 aliphatic rings. The average molecular weight is 406 g/mol. The number of nitro groups is 1. The van der Waals surface area contributed by atoms with Gasteiger partial charge in [-0.2, -0.15) is 9.41 Å². The molecule has 2 aromatic carbocycles. The summed E-state index contributed by atoms with van der Waals surface area (Å²) in [7, 11) is -2.23. The summed E-state index contributed by atoms with van der Waals surface area (Å²) < 4.78 is 31.5.